The highest BCUT2D eigenvalue weighted by molar-refractivity contribution is 5.79. The first-order valence-electron chi connectivity index (χ1n) is 5.93. The average Bonchev–Trinajstić information content (AvgIpc) is 2.46. The smallest absolute Gasteiger partial charge is 0.224 e. The van der Waals surface area contributed by atoms with Crippen LogP contribution in [0.2, 0.25) is 0 Å². The number of hydrogen-bond acceptors (Lipinski definition) is 5. The van der Waals surface area contributed by atoms with Crippen LogP contribution in [0.3, 0.4) is 0 Å². The summed E-state index contributed by atoms with van der Waals surface area (Å²) in [6.07, 6.45) is 4.91. The number of nitrogens with zero attached hydrogens (tertiary/aromatic N) is 4. The molecular formula is C12H15N5O. The molecule has 1 aliphatic heterocycles. The van der Waals surface area contributed by atoms with Crippen molar-refractivity contribution < 1.29 is 4.79 Å². The summed E-state index contributed by atoms with van der Waals surface area (Å²) in [6, 6.07) is 1.94. The Morgan fingerprint density at radius 1 is 1.56 bits per heavy atom. The molecule has 18 heavy (non-hydrogen) atoms. The Bertz CT molecular complexity index is 464. The standard InChI is InChI=1S/C12H15N5O/c1-14-12(18)9-3-2-4-17(8-9)11-7-15-10(5-13)6-16-11/h6-7,9H,2-4,8H2,1H3,(H,14,18). The predicted octanol–water partition coefficient (Wildman–Crippen LogP) is 0.311. The Labute approximate surface area is 106 Å². The van der Waals surface area contributed by atoms with Crippen LogP contribution in [0.4, 0.5) is 5.82 Å². The van der Waals surface area contributed by atoms with Crippen molar-refractivity contribution in [1.29, 1.82) is 5.26 Å². The third-order valence-corrected chi connectivity index (χ3v) is 3.12. The molecule has 1 aromatic heterocycles. The van der Waals surface area contributed by atoms with Gasteiger partial charge in [0.2, 0.25) is 5.91 Å². The van der Waals surface area contributed by atoms with Crippen molar-refractivity contribution in [2.45, 2.75) is 12.8 Å². The van der Waals surface area contributed by atoms with E-state index < -0.39 is 0 Å². The molecule has 1 fully saturated rings. The molecule has 6 heteroatoms. The van der Waals surface area contributed by atoms with Crippen LogP contribution in [0, 0.1) is 17.2 Å². The molecule has 1 unspecified atom stereocenters. The highest BCUT2D eigenvalue weighted by Gasteiger charge is 2.25. The molecule has 1 saturated heterocycles. The van der Waals surface area contributed by atoms with Crippen LogP contribution in [0.15, 0.2) is 12.4 Å². The van der Waals surface area contributed by atoms with E-state index in [1.54, 1.807) is 13.2 Å². The molecule has 6 nitrogen and oxygen atoms in total. The summed E-state index contributed by atoms with van der Waals surface area (Å²) < 4.78 is 0. The fourth-order valence-electron chi connectivity index (χ4n) is 2.15. The van der Waals surface area contributed by atoms with E-state index in [1.807, 2.05) is 11.0 Å². The van der Waals surface area contributed by atoms with Crippen LogP contribution in [0.1, 0.15) is 18.5 Å². The van der Waals surface area contributed by atoms with Crippen LogP contribution in [0.5, 0.6) is 0 Å². The van der Waals surface area contributed by atoms with Gasteiger partial charge in [-0.3, -0.25) is 4.79 Å². The van der Waals surface area contributed by atoms with Crippen LogP contribution in [0.25, 0.3) is 0 Å². The molecule has 2 heterocycles. The lowest BCUT2D eigenvalue weighted by Crippen LogP contribution is -2.42. The van der Waals surface area contributed by atoms with E-state index in [4.69, 9.17) is 5.26 Å². The molecule has 94 valence electrons. The van der Waals surface area contributed by atoms with E-state index in [1.165, 1.54) is 6.20 Å². The highest BCUT2D eigenvalue weighted by atomic mass is 16.1. The van der Waals surface area contributed by atoms with Crippen LogP contribution in [-0.2, 0) is 4.79 Å². The van der Waals surface area contributed by atoms with Gasteiger partial charge in [0.1, 0.15) is 11.9 Å². The first kappa shape index (κ1) is 12.3. The van der Waals surface area contributed by atoms with Gasteiger partial charge in [0.05, 0.1) is 18.3 Å². The van der Waals surface area contributed by atoms with E-state index in [9.17, 15) is 4.79 Å². The second-order valence-corrected chi connectivity index (χ2v) is 4.27. The quantitative estimate of drug-likeness (QED) is 0.811. The number of rotatable bonds is 2. The Kier molecular flexibility index (Phi) is 3.72. The number of carbonyl (C=O) groups is 1. The lowest BCUT2D eigenvalue weighted by atomic mass is 9.97. The normalized spacial score (nSPS) is 19.1. The summed E-state index contributed by atoms with van der Waals surface area (Å²) in [5.74, 6) is 0.796. The van der Waals surface area contributed by atoms with Gasteiger partial charge in [0, 0.05) is 20.1 Å². The fraction of sp³-hybridized carbons (Fsp3) is 0.500. The largest absolute Gasteiger partial charge is 0.359 e. The number of hydrogen-bond donors (Lipinski definition) is 1. The maximum absolute atomic E-state index is 11.6. The number of amides is 1. The molecular weight excluding hydrogens is 230 g/mol. The van der Waals surface area contributed by atoms with E-state index in [-0.39, 0.29) is 11.8 Å². The highest BCUT2D eigenvalue weighted by Crippen LogP contribution is 2.21. The minimum absolute atomic E-state index is 0.00110. The summed E-state index contributed by atoms with van der Waals surface area (Å²) in [5, 5.41) is 11.3. The minimum Gasteiger partial charge on any atom is -0.359 e. The first-order valence-corrected chi connectivity index (χ1v) is 5.93. The van der Waals surface area contributed by atoms with Gasteiger partial charge in [0.25, 0.3) is 0 Å². The van der Waals surface area contributed by atoms with E-state index in [0.717, 1.165) is 25.2 Å². The molecule has 0 radical (unpaired) electrons. The van der Waals surface area contributed by atoms with E-state index in [2.05, 4.69) is 15.3 Å². The van der Waals surface area contributed by atoms with Gasteiger partial charge >= 0.3 is 0 Å². The zero-order chi connectivity index (χ0) is 13.0. The van der Waals surface area contributed by atoms with Gasteiger partial charge in [-0.05, 0) is 12.8 Å². The van der Waals surface area contributed by atoms with Gasteiger partial charge in [-0.1, -0.05) is 0 Å². The van der Waals surface area contributed by atoms with Crippen LogP contribution >= 0.6 is 0 Å². The topological polar surface area (TPSA) is 81.9 Å². The molecule has 0 aliphatic carbocycles. The molecule has 1 N–H and O–H groups in total. The Morgan fingerprint density at radius 3 is 3.00 bits per heavy atom. The van der Waals surface area contributed by atoms with Crippen molar-refractivity contribution >= 4 is 11.7 Å². The first-order chi connectivity index (χ1) is 8.74. The Morgan fingerprint density at radius 2 is 2.39 bits per heavy atom. The average molecular weight is 245 g/mol. The molecule has 0 bridgehead atoms. The van der Waals surface area contributed by atoms with Gasteiger partial charge < -0.3 is 10.2 Å². The number of carbonyl (C=O) groups excluding carboxylic acids is 1. The molecule has 0 aromatic carbocycles. The maximum atomic E-state index is 11.6. The third kappa shape index (κ3) is 2.56. The SMILES string of the molecule is CNC(=O)C1CCCN(c2cnc(C#N)cn2)C1. The number of nitrogens with one attached hydrogen (secondary N) is 1. The van der Waals surface area contributed by atoms with Gasteiger partial charge in [-0.25, -0.2) is 9.97 Å². The number of aromatic nitrogens is 2. The van der Waals surface area contributed by atoms with Gasteiger partial charge in [0.15, 0.2) is 5.69 Å². The fourth-order valence-corrected chi connectivity index (χ4v) is 2.15. The molecule has 0 saturated carbocycles. The van der Waals surface area contributed by atoms with E-state index >= 15 is 0 Å². The molecule has 1 aliphatic rings. The predicted molar refractivity (Wildman–Crippen MR) is 65.8 cm³/mol. The van der Waals surface area contributed by atoms with E-state index in [0.29, 0.717) is 12.2 Å². The molecule has 1 amide bonds. The third-order valence-electron chi connectivity index (χ3n) is 3.12. The zero-order valence-corrected chi connectivity index (χ0v) is 10.3. The van der Waals surface area contributed by atoms with Crippen LogP contribution < -0.4 is 10.2 Å². The lowest BCUT2D eigenvalue weighted by Gasteiger charge is -2.32. The summed E-state index contributed by atoms with van der Waals surface area (Å²) in [7, 11) is 1.66. The van der Waals surface area contributed by atoms with Crippen molar-refractivity contribution in [2.75, 3.05) is 25.0 Å². The van der Waals surface area contributed by atoms with Crippen molar-refractivity contribution in [3.63, 3.8) is 0 Å². The molecule has 1 aromatic rings. The summed E-state index contributed by atoms with van der Waals surface area (Å²) in [4.78, 5) is 21.9. The van der Waals surface area contributed by atoms with Crippen molar-refractivity contribution in [3.8, 4) is 6.07 Å². The monoisotopic (exact) mass is 245 g/mol. The summed E-state index contributed by atoms with van der Waals surface area (Å²) in [5.41, 5.74) is 0.304. The van der Waals surface area contributed by atoms with Gasteiger partial charge in [-0.15, -0.1) is 0 Å². The van der Waals surface area contributed by atoms with Gasteiger partial charge in [-0.2, -0.15) is 5.26 Å². The number of nitriles is 1. The second kappa shape index (κ2) is 5.45. The molecule has 2 rings (SSSR count). The number of piperidine rings is 1. The van der Waals surface area contributed by atoms with Crippen molar-refractivity contribution in [2.24, 2.45) is 5.92 Å². The Hall–Kier alpha value is -2.16. The summed E-state index contributed by atoms with van der Waals surface area (Å²) in [6.45, 7) is 1.52. The second-order valence-electron chi connectivity index (χ2n) is 4.27. The molecule has 0 spiro atoms. The zero-order valence-electron chi connectivity index (χ0n) is 10.3. The minimum atomic E-state index is 0.00110. The molecule has 1 atom stereocenters. The van der Waals surface area contributed by atoms with Crippen molar-refractivity contribution in [1.82, 2.24) is 15.3 Å². The maximum Gasteiger partial charge on any atom is 0.224 e. The Balaban J connectivity index is 2.08. The number of anilines is 1. The van der Waals surface area contributed by atoms with Crippen LogP contribution in [-0.4, -0.2) is 36.0 Å². The lowest BCUT2D eigenvalue weighted by molar-refractivity contribution is -0.124. The summed E-state index contributed by atoms with van der Waals surface area (Å²) >= 11 is 0. The van der Waals surface area contributed by atoms with Crippen molar-refractivity contribution in [3.05, 3.63) is 18.1 Å².